The number of carbonyl (C=O) groups is 1. The van der Waals surface area contributed by atoms with E-state index in [1.807, 2.05) is 13.8 Å². The van der Waals surface area contributed by atoms with Crippen molar-refractivity contribution in [2.45, 2.75) is 68.1 Å². The topological polar surface area (TPSA) is 152 Å². The van der Waals surface area contributed by atoms with Crippen LogP contribution in [0.3, 0.4) is 0 Å². The highest BCUT2D eigenvalue weighted by atomic mass is 32.2. The van der Waals surface area contributed by atoms with Gasteiger partial charge in [-0.1, -0.05) is 6.92 Å². The van der Waals surface area contributed by atoms with E-state index < -0.39 is 49.8 Å². The monoisotopic (exact) mass is 735 g/mol. The first-order valence-electron chi connectivity index (χ1n) is 16.4. The number of halogens is 1. The van der Waals surface area contributed by atoms with Crippen LogP contribution in [0.15, 0.2) is 76.5 Å². The molecule has 0 saturated heterocycles. The van der Waals surface area contributed by atoms with Crippen LogP contribution in [0.4, 0.5) is 10.1 Å². The maximum atomic E-state index is 14.4. The van der Waals surface area contributed by atoms with E-state index in [0.29, 0.717) is 25.2 Å². The maximum Gasteiger partial charge on any atom is 0.261 e. The number of nitrogens with zero attached hydrogens (tertiary/aromatic N) is 2. The summed E-state index contributed by atoms with van der Waals surface area (Å²) < 4.78 is 88.0. The second-order valence-corrected chi connectivity index (χ2v) is 16.3. The Morgan fingerprint density at radius 1 is 1.02 bits per heavy atom. The molecule has 0 fully saturated rings. The van der Waals surface area contributed by atoms with Crippen LogP contribution in [-0.2, 0) is 24.8 Å². The molecule has 0 saturated carbocycles. The summed E-state index contributed by atoms with van der Waals surface area (Å²) in [5.74, 6) is -0.759. The van der Waals surface area contributed by atoms with Crippen LogP contribution in [-0.4, -0.2) is 95.8 Å². The minimum atomic E-state index is -4.13. The Labute approximate surface area is 294 Å². The third-order valence-corrected chi connectivity index (χ3v) is 11.9. The van der Waals surface area contributed by atoms with Gasteiger partial charge in [0, 0.05) is 38.3 Å². The normalized spacial score (nSPS) is 20.4. The van der Waals surface area contributed by atoms with Gasteiger partial charge in [-0.05, 0) is 99.8 Å². The maximum absolute atomic E-state index is 14.4. The van der Waals surface area contributed by atoms with Crippen molar-refractivity contribution in [2.75, 3.05) is 45.2 Å². The molecule has 1 aliphatic rings. The first-order chi connectivity index (χ1) is 23.7. The number of benzene rings is 3. The van der Waals surface area contributed by atoms with E-state index in [0.717, 1.165) is 30.7 Å². The van der Waals surface area contributed by atoms with Crippen LogP contribution in [0, 0.1) is 11.7 Å². The van der Waals surface area contributed by atoms with Crippen molar-refractivity contribution < 1.29 is 45.3 Å². The van der Waals surface area contributed by atoms with Gasteiger partial charge in [0.25, 0.3) is 15.9 Å². The fourth-order valence-corrected chi connectivity index (χ4v) is 7.79. The molecule has 0 aliphatic carbocycles. The van der Waals surface area contributed by atoms with Crippen molar-refractivity contribution in [2.24, 2.45) is 5.92 Å². The zero-order chi connectivity index (χ0) is 36.6. The van der Waals surface area contributed by atoms with E-state index in [4.69, 9.17) is 14.2 Å². The van der Waals surface area contributed by atoms with Gasteiger partial charge in [0.2, 0.25) is 10.0 Å². The molecule has 12 nitrogen and oxygen atoms in total. The first kappa shape index (κ1) is 39.0. The minimum Gasteiger partial charge on any atom is -0.497 e. The summed E-state index contributed by atoms with van der Waals surface area (Å²) >= 11 is 0. The summed E-state index contributed by atoms with van der Waals surface area (Å²) in [5, 5.41) is 10.2. The van der Waals surface area contributed by atoms with Crippen molar-refractivity contribution in [1.29, 1.82) is 0 Å². The van der Waals surface area contributed by atoms with E-state index in [1.54, 1.807) is 19.1 Å². The lowest BCUT2D eigenvalue weighted by Crippen LogP contribution is -2.48. The van der Waals surface area contributed by atoms with E-state index in [9.17, 15) is 31.1 Å². The molecule has 50 heavy (non-hydrogen) atoms. The van der Waals surface area contributed by atoms with E-state index >= 15 is 0 Å². The van der Waals surface area contributed by atoms with Gasteiger partial charge in [-0.2, -0.15) is 4.31 Å². The quantitative estimate of drug-likeness (QED) is 0.301. The summed E-state index contributed by atoms with van der Waals surface area (Å²) in [5.41, 5.74) is 0.146. The second kappa shape index (κ2) is 17.0. The predicted molar refractivity (Wildman–Crippen MR) is 187 cm³/mol. The van der Waals surface area contributed by atoms with Gasteiger partial charge in [0.05, 0.1) is 47.3 Å². The number of ether oxygens (including phenoxy) is 3. The van der Waals surface area contributed by atoms with Gasteiger partial charge >= 0.3 is 0 Å². The number of rotatable bonds is 10. The Balaban J connectivity index is 1.66. The molecule has 4 atom stereocenters. The average Bonchev–Trinajstić information content (AvgIpc) is 3.09. The third kappa shape index (κ3) is 9.72. The van der Waals surface area contributed by atoms with Crippen molar-refractivity contribution in [3.63, 3.8) is 0 Å². The number of sulfonamides is 2. The van der Waals surface area contributed by atoms with Gasteiger partial charge in [-0.15, -0.1) is 0 Å². The molecular formula is C35H46FN3O9S2. The Bertz CT molecular complexity index is 1810. The lowest BCUT2D eigenvalue weighted by molar-refractivity contribution is -0.00834. The zero-order valence-electron chi connectivity index (χ0n) is 28.9. The van der Waals surface area contributed by atoms with E-state index in [1.165, 1.54) is 53.7 Å². The summed E-state index contributed by atoms with van der Waals surface area (Å²) in [7, 11) is -5.05. The lowest BCUT2D eigenvalue weighted by Gasteiger charge is -2.35. The van der Waals surface area contributed by atoms with Crippen LogP contribution < -0.4 is 14.2 Å². The smallest absolute Gasteiger partial charge is 0.261 e. The van der Waals surface area contributed by atoms with Crippen LogP contribution in [0.2, 0.25) is 0 Å². The predicted octanol–water partition coefficient (Wildman–Crippen LogP) is 4.75. The van der Waals surface area contributed by atoms with Crippen molar-refractivity contribution in [1.82, 2.24) is 9.21 Å². The van der Waals surface area contributed by atoms with E-state index in [-0.39, 0.29) is 52.6 Å². The SMILES string of the molecule is COc1ccc(S(=O)(=O)N(C)C[C@H]2OCCCC[C@H](C)Oc3ccc(NS(=O)(=O)c4ccc(F)cc4)cc3C(=O)N([C@@H](C)CO)C[C@@H]2C)cc1. The molecule has 2 N–H and O–H groups in total. The number of aliphatic hydroxyl groups excluding tert-OH is 1. The van der Waals surface area contributed by atoms with Gasteiger partial charge in [0.15, 0.2) is 0 Å². The molecule has 1 heterocycles. The number of aliphatic hydroxyl groups is 1. The molecule has 1 aliphatic heterocycles. The fraction of sp³-hybridized carbons (Fsp3) is 0.457. The number of anilines is 1. The number of likely N-dealkylation sites (N-methyl/N-ethyl adjacent to an activating group) is 1. The Morgan fingerprint density at radius 3 is 2.32 bits per heavy atom. The highest BCUT2D eigenvalue weighted by Gasteiger charge is 2.32. The number of nitrogens with one attached hydrogen (secondary N) is 1. The summed E-state index contributed by atoms with van der Waals surface area (Å²) in [6, 6.07) is 14.1. The highest BCUT2D eigenvalue weighted by molar-refractivity contribution is 7.92. The molecular weight excluding hydrogens is 690 g/mol. The number of hydrogen-bond donors (Lipinski definition) is 2. The first-order valence-corrected chi connectivity index (χ1v) is 19.3. The second-order valence-electron chi connectivity index (χ2n) is 12.5. The van der Waals surface area contributed by atoms with Gasteiger partial charge in [-0.25, -0.2) is 21.2 Å². The Hall–Kier alpha value is -3.76. The Kier molecular flexibility index (Phi) is 13.2. The van der Waals surface area contributed by atoms with Crippen molar-refractivity contribution in [3.8, 4) is 11.5 Å². The lowest BCUT2D eigenvalue weighted by atomic mass is 10.0. The third-order valence-electron chi connectivity index (χ3n) is 8.63. The fourth-order valence-electron chi connectivity index (χ4n) is 5.56. The Morgan fingerprint density at radius 2 is 1.68 bits per heavy atom. The number of carbonyl (C=O) groups excluding carboxylic acids is 1. The minimum absolute atomic E-state index is 0.00349. The van der Waals surface area contributed by atoms with Crippen LogP contribution in [0.25, 0.3) is 0 Å². The highest BCUT2D eigenvalue weighted by Crippen LogP contribution is 2.30. The summed E-state index contributed by atoms with van der Waals surface area (Å²) in [6.45, 7) is 5.44. The molecule has 0 bridgehead atoms. The summed E-state index contributed by atoms with van der Waals surface area (Å²) in [6.07, 6.45) is 1.09. The molecule has 0 unspecified atom stereocenters. The molecule has 0 radical (unpaired) electrons. The van der Waals surface area contributed by atoms with Crippen LogP contribution >= 0.6 is 0 Å². The van der Waals surface area contributed by atoms with Crippen molar-refractivity contribution >= 4 is 31.6 Å². The van der Waals surface area contributed by atoms with Crippen LogP contribution in [0.5, 0.6) is 11.5 Å². The van der Waals surface area contributed by atoms with E-state index in [2.05, 4.69) is 4.72 Å². The zero-order valence-corrected chi connectivity index (χ0v) is 30.5. The molecule has 274 valence electrons. The number of hydrogen-bond acceptors (Lipinski definition) is 9. The molecule has 4 rings (SSSR count). The van der Waals surface area contributed by atoms with Gasteiger partial charge in [0.1, 0.15) is 17.3 Å². The molecule has 0 spiro atoms. The van der Waals surface area contributed by atoms with Crippen LogP contribution in [0.1, 0.15) is 50.4 Å². The number of fused-ring (bicyclic) bond motifs is 1. The van der Waals surface area contributed by atoms with Gasteiger partial charge < -0.3 is 24.2 Å². The molecule has 3 aromatic rings. The van der Waals surface area contributed by atoms with Crippen molar-refractivity contribution in [3.05, 3.63) is 78.1 Å². The molecule has 3 aromatic carbocycles. The number of amides is 1. The molecule has 15 heteroatoms. The number of methoxy groups -OCH3 is 1. The summed E-state index contributed by atoms with van der Waals surface area (Å²) in [4.78, 5) is 15.8. The molecule has 0 aromatic heterocycles. The largest absolute Gasteiger partial charge is 0.497 e. The van der Waals surface area contributed by atoms with Gasteiger partial charge in [-0.3, -0.25) is 9.52 Å². The molecule has 1 amide bonds. The standard InChI is InChI=1S/C35H46FN3O9S2/c1-24-21-39(25(2)23-40)35(41)32-20-28(37-49(42,43)30-14-9-27(36)10-15-30)11-18-33(32)48-26(3)8-6-7-19-47-34(24)22-38(4)50(44,45)31-16-12-29(46-5)13-17-31/h9-18,20,24-26,34,37,40H,6-8,19,21-23H2,1-5H3/t24-,25-,26-,34+/m0/s1. The average molecular weight is 736 g/mol.